The van der Waals surface area contributed by atoms with Crippen molar-refractivity contribution < 1.29 is 14.3 Å². The molecule has 154 valence electrons. The summed E-state index contributed by atoms with van der Waals surface area (Å²) in [5.74, 6) is -0.476. The van der Waals surface area contributed by atoms with E-state index in [4.69, 9.17) is 4.74 Å². The van der Waals surface area contributed by atoms with Crippen LogP contribution in [0.3, 0.4) is 0 Å². The van der Waals surface area contributed by atoms with Gasteiger partial charge in [-0.15, -0.1) is 0 Å². The Hall–Kier alpha value is -2.66. The molecule has 2 aromatic rings. The number of piperidine rings is 1. The molecule has 0 bridgehead atoms. The van der Waals surface area contributed by atoms with Gasteiger partial charge < -0.3 is 14.5 Å². The molecule has 0 spiro atoms. The maximum Gasteiger partial charge on any atom is 0.337 e. The van der Waals surface area contributed by atoms with Gasteiger partial charge in [-0.05, 0) is 62.5 Å². The van der Waals surface area contributed by atoms with Crippen LogP contribution in [0.2, 0.25) is 0 Å². The van der Waals surface area contributed by atoms with Crippen molar-refractivity contribution in [1.29, 1.82) is 0 Å². The zero-order valence-corrected chi connectivity index (χ0v) is 17.3. The van der Waals surface area contributed by atoms with Gasteiger partial charge in [-0.2, -0.15) is 0 Å². The molecule has 0 radical (unpaired) electrons. The van der Waals surface area contributed by atoms with E-state index in [9.17, 15) is 9.59 Å². The highest BCUT2D eigenvalue weighted by Crippen LogP contribution is 2.18. The summed E-state index contributed by atoms with van der Waals surface area (Å²) in [6.07, 6.45) is 4.30. The van der Waals surface area contributed by atoms with Crippen molar-refractivity contribution in [3.05, 3.63) is 71.3 Å². The number of aryl methyl sites for hydroxylation is 1. The summed E-state index contributed by atoms with van der Waals surface area (Å²) in [5, 5.41) is 0. The van der Waals surface area contributed by atoms with Gasteiger partial charge in [-0.25, -0.2) is 4.79 Å². The first kappa shape index (κ1) is 21.1. The Balaban J connectivity index is 1.55. The molecule has 1 saturated heterocycles. The van der Waals surface area contributed by atoms with Crippen molar-refractivity contribution in [3.63, 3.8) is 0 Å². The van der Waals surface area contributed by atoms with Crippen molar-refractivity contribution >= 4 is 11.9 Å². The van der Waals surface area contributed by atoms with E-state index in [1.807, 2.05) is 18.0 Å². The fourth-order valence-electron chi connectivity index (χ4n) is 3.97. The minimum absolute atomic E-state index is 0.0492. The van der Waals surface area contributed by atoms with E-state index in [0.717, 1.165) is 45.3 Å². The lowest BCUT2D eigenvalue weighted by Crippen LogP contribution is -2.48. The smallest absolute Gasteiger partial charge is 0.337 e. The molecule has 1 amide bonds. The lowest BCUT2D eigenvalue weighted by Gasteiger charge is -2.37. The minimum Gasteiger partial charge on any atom is -0.465 e. The molecule has 0 aliphatic carbocycles. The summed E-state index contributed by atoms with van der Waals surface area (Å²) in [7, 11) is 3.21. The zero-order chi connectivity index (χ0) is 20.6. The summed E-state index contributed by atoms with van der Waals surface area (Å²) >= 11 is 0. The van der Waals surface area contributed by atoms with Crippen LogP contribution in [-0.2, 0) is 11.2 Å². The normalized spacial score (nSPS) is 17.0. The van der Waals surface area contributed by atoms with Gasteiger partial charge in [0.15, 0.2) is 0 Å². The monoisotopic (exact) mass is 394 g/mol. The number of hydrogen-bond donors (Lipinski definition) is 0. The SMILES string of the molecule is COC(=O)c1cccc(C(=O)N(C)[C@@H]2CCCN(CCCc3ccccc3)C2)c1. The Morgan fingerprint density at radius 3 is 2.62 bits per heavy atom. The van der Waals surface area contributed by atoms with Gasteiger partial charge in [-0.1, -0.05) is 36.4 Å². The molecule has 0 aromatic heterocycles. The van der Waals surface area contributed by atoms with E-state index in [0.29, 0.717) is 11.1 Å². The summed E-state index contributed by atoms with van der Waals surface area (Å²) in [6, 6.07) is 17.5. The first-order chi connectivity index (χ1) is 14.1. The first-order valence-electron chi connectivity index (χ1n) is 10.3. The number of carbonyl (C=O) groups is 2. The summed E-state index contributed by atoms with van der Waals surface area (Å²) < 4.78 is 4.76. The van der Waals surface area contributed by atoms with Crippen LogP contribution in [-0.4, -0.2) is 61.5 Å². The van der Waals surface area contributed by atoms with Crippen molar-refractivity contribution in [2.45, 2.75) is 31.7 Å². The van der Waals surface area contributed by atoms with Crippen LogP contribution in [0.15, 0.2) is 54.6 Å². The van der Waals surface area contributed by atoms with Gasteiger partial charge in [0.2, 0.25) is 0 Å². The van der Waals surface area contributed by atoms with Crippen LogP contribution >= 0.6 is 0 Å². The van der Waals surface area contributed by atoms with E-state index >= 15 is 0 Å². The zero-order valence-electron chi connectivity index (χ0n) is 17.3. The van der Waals surface area contributed by atoms with Crippen molar-refractivity contribution in [2.24, 2.45) is 0 Å². The number of amides is 1. The second-order valence-electron chi connectivity index (χ2n) is 7.67. The molecule has 29 heavy (non-hydrogen) atoms. The average molecular weight is 395 g/mol. The molecule has 0 unspecified atom stereocenters. The third kappa shape index (κ3) is 5.67. The highest BCUT2D eigenvalue weighted by molar-refractivity contribution is 5.97. The largest absolute Gasteiger partial charge is 0.465 e. The number of nitrogens with zero attached hydrogens (tertiary/aromatic N) is 2. The van der Waals surface area contributed by atoms with E-state index in [-0.39, 0.29) is 11.9 Å². The predicted molar refractivity (Wildman–Crippen MR) is 114 cm³/mol. The van der Waals surface area contributed by atoms with Crippen LogP contribution in [0.1, 0.15) is 45.5 Å². The van der Waals surface area contributed by atoms with Crippen molar-refractivity contribution in [3.8, 4) is 0 Å². The van der Waals surface area contributed by atoms with Gasteiger partial charge in [0.25, 0.3) is 5.91 Å². The number of methoxy groups -OCH3 is 1. The molecule has 0 saturated carbocycles. The molecule has 1 fully saturated rings. The topological polar surface area (TPSA) is 49.9 Å². The van der Waals surface area contributed by atoms with Crippen LogP contribution in [0.4, 0.5) is 0 Å². The molecule has 1 atom stereocenters. The number of ether oxygens (including phenoxy) is 1. The Labute approximate surface area is 173 Å². The van der Waals surface area contributed by atoms with Crippen LogP contribution in [0.25, 0.3) is 0 Å². The summed E-state index contributed by atoms with van der Waals surface area (Å²) in [5.41, 5.74) is 2.30. The molecule has 0 N–H and O–H groups in total. The van der Waals surface area contributed by atoms with Gasteiger partial charge in [-0.3, -0.25) is 4.79 Å². The molecule has 1 aliphatic heterocycles. The fraction of sp³-hybridized carbons (Fsp3) is 0.417. The molecular weight excluding hydrogens is 364 g/mol. The number of benzene rings is 2. The van der Waals surface area contributed by atoms with Gasteiger partial charge >= 0.3 is 5.97 Å². The summed E-state index contributed by atoms with van der Waals surface area (Å²) in [6.45, 7) is 3.03. The maximum absolute atomic E-state index is 13.0. The third-order valence-corrected chi connectivity index (χ3v) is 5.66. The number of likely N-dealkylation sites (N-methyl/N-ethyl adjacent to an activating group) is 1. The second-order valence-corrected chi connectivity index (χ2v) is 7.67. The van der Waals surface area contributed by atoms with Crippen LogP contribution in [0.5, 0.6) is 0 Å². The van der Waals surface area contributed by atoms with E-state index in [2.05, 4.69) is 29.2 Å². The molecule has 2 aromatic carbocycles. The molecule has 1 aliphatic rings. The van der Waals surface area contributed by atoms with Crippen molar-refractivity contribution in [1.82, 2.24) is 9.80 Å². The molecule has 5 nitrogen and oxygen atoms in total. The fourth-order valence-corrected chi connectivity index (χ4v) is 3.97. The maximum atomic E-state index is 13.0. The highest BCUT2D eigenvalue weighted by atomic mass is 16.5. The van der Waals surface area contributed by atoms with Crippen LogP contribution in [0, 0.1) is 0 Å². The highest BCUT2D eigenvalue weighted by Gasteiger charge is 2.26. The van der Waals surface area contributed by atoms with E-state index in [1.54, 1.807) is 24.3 Å². The Morgan fingerprint density at radius 1 is 1.10 bits per heavy atom. The minimum atomic E-state index is -0.426. The van der Waals surface area contributed by atoms with E-state index in [1.165, 1.54) is 12.7 Å². The molecular formula is C24H30N2O3. The average Bonchev–Trinajstić information content (AvgIpc) is 2.78. The molecule has 3 rings (SSSR count). The number of hydrogen-bond acceptors (Lipinski definition) is 4. The lowest BCUT2D eigenvalue weighted by atomic mass is 10.0. The van der Waals surface area contributed by atoms with E-state index < -0.39 is 5.97 Å². The van der Waals surface area contributed by atoms with Crippen molar-refractivity contribution in [2.75, 3.05) is 33.8 Å². The lowest BCUT2D eigenvalue weighted by molar-refractivity contribution is 0.0600. The first-order valence-corrected chi connectivity index (χ1v) is 10.3. The number of rotatable bonds is 7. The number of likely N-dealkylation sites (tertiary alicyclic amines) is 1. The third-order valence-electron chi connectivity index (χ3n) is 5.66. The van der Waals surface area contributed by atoms with Gasteiger partial charge in [0.1, 0.15) is 0 Å². The number of carbonyl (C=O) groups excluding carboxylic acids is 2. The van der Waals surface area contributed by atoms with Crippen LogP contribution < -0.4 is 0 Å². The molecule has 1 heterocycles. The second kappa shape index (κ2) is 10.2. The van der Waals surface area contributed by atoms with Gasteiger partial charge in [0, 0.05) is 25.2 Å². The standard InChI is InChI=1S/C24H30N2O3/c1-25(23(27)20-12-6-13-21(17-20)24(28)29-2)22-14-8-16-26(18-22)15-7-11-19-9-4-3-5-10-19/h3-6,9-10,12-13,17,22H,7-8,11,14-16,18H2,1-2H3/t22-/m1/s1. The van der Waals surface area contributed by atoms with Gasteiger partial charge in [0.05, 0.1) is 12.7 Å². The molecule has 5 heteroatoms. The quantitative estimate of drug-likeness (QED) is 0.673. The number of esters is 1. The Kier molecular flexibility index (Phi) is 7.42. The Morgan fingerprint density at radius 2 is 1.86 bits per heavy atom. The Bertz CT molecular complexity index is 822. The summed E-state index contributed by atoms with van der Waals surface area (Å²) in [4.78, 5) is 29.0. The predicted octanol–water partition coefficient (Wildman–Crippen LogP) is 3.64.